The van der Waals surface area contributed by atoms with E-state index in [4.69, 9.17) is 14.5 Å². The highest BCUT2D eigenvalue weighted by Gasteiger charge is 2.11. The highest BCUT2D eigenvalue weighted by atomic mass is 16.5. The molecule has 33 heavy (non-hydrogen) atoms. The molecule has 4 rings (SSSR count). The van der Waals surface area contributed by atoms with Gasteiger partial charge in [0.2, 0.25) is 0 Å². The first-order valence-corrected chi connectivity index (χ1v) is 11.9. The van der Waals surface area contributed by atoms with Gasteiger partial charge in [-0.25, -0.2) is 4.98 Å². The third kappa shape index (κ3) is 5.75. The van der Waals surface area contributed by atoms with E-state index in [1.54, 1.807) is 0 Å². The van der Waals surface area contributed by atoms with Crippen molar-refractivity contribution in [3.8, 4) is 11.5 Å². The van der Waals surface area contributed by atoms with Crippen LogP contribution in [-0.2, 0) is 13.2 Å². The van der Waals surface area contributed by atoms with Gasteiger partial charge in [0.05, 0.1) is 17.6 Å². The number of rotatable bonds is 10. The van der Waals surface area contributed by atoms with E-state index >= 15 is 0 Å². The average Bonchev–Trinajstić information content (AvgIpc) is 3.17. The number of aryl methyl sites for hydroxylation is 3. The van der Waals surface area contributed by atoms with Gasteiger partial charge in [-0.2, -0.15) is 0 Å². The van der Waals surface area contributed by atoms with Crippen LogP contribution in [0.5, 0.6) is 11.5 Å². The average molecular weight is 443 g/mol. The molecule has 1 aromatic heterocycles. The molecule has 0 atom stereocenters. The second kappa shape index (κ2) is 10.6. The molecule has 3 aromatic carbocycles. The van der Waals surface area contributed by atoms with E-state index in [1.165, 1.54) is 16.7 Å². The molecular formula is C29H34N2O2. The number of hydrogen-bond acceptors (Lipinski definition) is 3. The maximum Gasteiger partial charge on any atom is 0.147 e. The molecule has 0 N–H and O–H groups in total. The van der Waals surface area contributed by atoms with Crippen LogP contribution in [0, 0.1) is 13.8 Å². The van der Waals surface area contributed by atoms with Crippen LogP contribution in [0.4, 0.5) is 0 Å². The number of imidazole rings is 1. The number of fused-ring (bicyclic) bond motifs is 1. The van der Waals surface area contributed by atoms with Gasteiger partial charge in [-0.05, 0) is 85.7 Å². The molecule has 0 aliphatic heterocycles. The number of para-hydroxylation sites is 2. The summed E-state index contributed by atoms with van der Waals surface area (Å²) in [5.74, 6) is 3.30. The molecule has 172 valence electrons. The fraction of sp³-hybridized carbons (Fsp3) is 0.345. The van der Waals surface area contributed by atoms with E-state index in [2.05, 4.69) is 80.8 Å². The number of aromatic nitrogens is 2. The second-order valence-corrected chi connectivity index (χ2v) is 8.98. The number of benzene rings is 3. The molecule has 4 nitrogen and oxygen atoms in total. The number of hydrogen-bond donors (Lipinski definition) is 0. The van der Waals surface area contributed by atoms with Gasteiger partial charge in [-0.15, -0.1) is 0 Å². The summed E-state index contributed by atoms with van der Waals surface area (Å²) < 4.78 is 14.3. The summed E-state index contributed by atoms with van der Waals surface area (Å²) in [6.45, 7) is 10.7. The monoisotopic (exact) mass is 442 g/mol. The lowest BCUT2D eigenvalue weighted by Gasteiger charge is -2.12. The van der Waals surface area contributed by atoms with Gasteiger partial charge in [0, 0.05) is 6.54 Å². The SMILES string of the molecule is Cc1ccc(OCCCCn2c(COc3ccc(C(C)C)cc3)nc3ccccc32)cc1C. The molecule has 0 aliphatic rings. The summed E-state index contributed by atoms with van der Waals surface area (Å²) in [5, 5.41) is 0. The third-order valence-electron chi connectivity index (χ3n) is 6.17. The third-order valence-corrected chi connectivity index (χ3v) is 6.17. The van der Waals surface area contributed by atoms with Crippen LogP contribution in [0.15, 0.2) is 66.7 Å². The van der Waals surface area contributed by atoms with Crippen LogP contribution < -0.4 is 9.47 Å². The van der Waals surface area contributed by atoms with E-state index in [1.807, 2.05) is 18.2 Å². The minimum absolute atomic E-state index is 0.453. The maximum absolute atomic E-state index is 6.10. The smallest absolute Gasteiger partial charge is 0.147 e. The van der Waals surface area contributed by atoms with Crippen LogP contribution in [0.2, 0.25) is 0 Å². The fourth-order valence-electron chi connectivity index (χ4n) is 3.95. The fourth-order valence-corrected chi connectivity index (χ4v) is 3.95. The van der Waals surface area contributed by atoms with Crippen molar-refractivity contribution in [3.63, 3.8) is 0 Å². The largest absolute Gasteiger partial charge is 0.494 e. The molecule has 0 saturated heterocycles. The van der Waals surface area contributed by atoms with E-state index in [0.29, 0.717) is 19.1 Å². The zero-order chi connectivity index (χ0) is 23.2. The Morgan fingerprint density at radius 3 is 2.33 bits per heavy atom. The Bertz CT molecular complexity index is 1190. The second-order valence-electron chi connectivity index (χ2n) is 8.98. The Morgan fingerprint density at radius 1 is 0.818 bits per heavy atom. The zero-order valence-electron chi connectivity index (χ0n) is 20.2. The number of unbranched alkanes of at least 4 members (excludes halogenated alkanes) is 1. The first kappa shape index (κ1) is 22.9. The first-order valence-electron chi connectivity index (χ1n) is 11.9. The predicted octanol–water partition coefficient (Wildman–Crippen LogP) is 7.21. The summed E-state index contributed by atoms with van der Waals surface area (Å²) in [5.41, 5.74) is 6.04. The Morgan fingerprint density at radius 2 is 1.58 bits per heavy atom. The molecule has 0 unspecified atom stereocenters. The summed E-state index contributed by atoms with van der Waals surface area (Å²) in [7, 11) is 0. The van der Waals surface area contributed by atoms with Crippen molar-refractivity contribution in [2.75, 3.05) is 6.61 Å². The van der Waals surface area contributed by atoms with E-state index in [-0.39, 0.29) is 0 Å². The van der Waals surface area contributed by atoms with Gasteiger partial charge < -0.3 is 14.0 Å². The zero-order valence-corrected chi connectivity index (χ0v) is 20.2. The van der Waals surface area contributed by atoms with Crippen molar-refractivity contribution in [2.24, 2.45) is 0 Å². The Kier molecular flexibility index (Phi) is 7.33. The van der Waals surface area contributed by atoms with Gasteiger partial charge in [-0.1, -0.05) is 44.2 Å². The van der Waals surface area contributed by atoms with Crippen LogP contribution in [0.3, 0.4) is 0 Å². The van der Waals surface area contributed by atoms with Crippen molar-refractivity contribution in [1.82, 2.24) is 9.55 Å². The Labute approximate surface area is 197 Å². The van der Waals surface area contributed by atoms with E-state index < -0.39 is 0 Å². The lowest BCUT2D eigenvalue weighted by atomic mass is 10.0. The Balaban J connectivity index is 1.37. The molecule has 0 saturated carbocycles. The van der Waals surface area contributed by atoms with Crippen molar-refractivity contribution in [3.05, 3.63) is 89.2 Å². The standard InChI is InChI=1S/C29H34N2O2/c1-21(2)24-12-15-25(16-13-24)33-20-29-30-27-9-5-6-10-28(27)31(29)17-7-8-18-32-26-14-11-22(3)23(4)19-26/h5-6,9-16,19,21H,7-8,17-18,20H2,1-4H3. The minimum Gasteiger partial charge on any atom is -0.494 e. The van der Waals surface area contributed by atoms with E-state index in [9.17, 15) is 0 Å². The minimum atomic E-state index is 0.453. The van der Waals surface area contributed by atoms with Gasteiger partial charge in [0.1, 0.15) is 23.9 Å². The van der Waals surface area contributed by atoms with Crippen LogP contribution in [0.1, 0.15) is 55.1 Å². The first-order chi connectivity index (χ1) is 16.0. The highest BCUT2D eigenvalue weighted by molar-refractivity contribution is 5.75. The number of nitrogens with zero attached hydrogens (tertiary/aromatic N) is 2. The summed E-state index contributed by atoms with van der Waals surface area (Å²) in [4.78, 5) is 4.84. The molecule has 0 fully saturated rings. The van der Waals surface area contributed by atoms with Crippen LogP contribution >= 0.6 is 0 Å². The molecular weight excluding hydrogens is 408 g/mol. The van der Waals surface area contributed by atoms with Crippen molar-refractivity contribution in [1.29, 1.82) is 0 Å². The topological polar surface area (TPSA) is 36.3 Å². The molecule has 0 aliphatic carbocycles. The predicted molar refractivity (Wildman–Crippen MR) is 135 cm³/mol. The summed E-state index contributed by atoms with van der Waals surface area (Å²) in [6, 6.07) is 23.0. The lowest BCUT2D eigenvalue weighted by molar-refractivity contribution is 0.285. The lowest BCUT2D eigenvalue weighted by Crippen LogP contribution is -2.09. The maximum atomic E-state index is 6.10. The Hall–Kier alpha value is -3.27. The van der Waals surface area contributed by atoms with Gasteiger partial charge in [-0.3, -0.25) is 0 Å². The van der Waals surface area contributed by atoms with E-state index in [0.717, 1.165) is 47.7 Å². The van der Waals surface area contributed by atoms with Crippen molar-refractivity contribution in [2.45, 2.75) is 59.6 Å². The molecule has 0 amide bonds. The molecule has 1 heterocycles. The van der Waals surface area contributed by atoms with Crippen LogP contribution in [-0.4, -0.2) is 16.2 Å². The summed E-state index contributed by atoms with van der Waals surface area (Å²) >= 11 is 0. The quantitative estimate of drug-likeness (QED) is 0.243. The van der Waals surface area contributed by atoms with Crippen molar-refractivity contribution < 1.29 is 9.47 Å². The molecule has 0 spiro atoms. The van der Waals surface area contributed by atoms with Gasteiger partial charge in [0.25, 0.3) is 0 Å². The molecule has 4 heteroatoms. The van der Waals surface area contributed by atoms with Crippen molar-refractivity contribution >= 4 is 11.0 Å². The molecule has 0 radical (unpaired) electrons. The molecule has 0 bridgehead atoms. The summed E-state index contributed by atoms with van der Waals surface area (Å²) in [6.07, 6.45) is 2.00. The van der Waals surface area contributed by atoms with Gasteiger partial charge in [0.15, 0.2) is 0 Å². The van der Waals surface area contributed by atoms with Crippen LogP contribution in [0.25, 0.3) is 11.0 Å². The normalized spacial score (nSPS) is 11.3. The van der Waals surface area contributed by atoms with Gasteiger partial charge >= 0.3 is 0 Å². The number of ether oxygens (including phenoxy) is 2. The molecule has 4 aromatic rings. The highest BCUT2D eigenvalue weighted by Crippen LogP contribution is 2.22.